The zero-order valence-corrected chi connectivity index (χ0v) is 11.0. The van der Waals surface area contributed by atoms with Crippen molar-refractivity contribution in [3.63, 3.8) is 0 Å². The van der Waals surface area contributed by atoms with Crippen molar-refractivity contribution >= 4 is 21.8 Å². The van der Waals surface area contributed by atoms with E-state index in [1.54, 1.807) is 6.07 Å². The lowest BCUT2D eigenvalue weighted by atomic mass is 10.1. The fourth-order valence-corrected chi connectivity index (χ4v) is 2.05. The van der Waals surface area contributed by atoms with Gasteiger partial charge in [-0.15, -0.1) is 0 Å². The summed E-state index contributed by atoms with van der Waals surface area (Å²) in [4.78, 5) is 11.8. The Morgan fingerprint density at radius 2 is 2.19 bits per heavy atom. The van der Waals surface area contributed by atoms with Gasteiger partial charge in [-0.1, -0.05) is 15.9 Å². The molecule has 0 heterocycles. The maximum atomic E-state index is 11.8. The predicted molar refractivity (Wildman–Crippen MR) is 67.5 cm³/mol. The van der Waals surface area contributed by atoms with Crippen molar-refractivity contribution in [2.24, 2.45) is 0 Å². The number of hydrogen-bond acceptors (Lipinski definition) is 2. The first-order valence-corrected chi connectivity index (χ1v) is 6.01. The SMILES string of the molecule is Cc1cc(Br)cc(C(=O)N[C@H](C)CCO)c1. The number of aliphatic hydroxyl groups is 1. The number of amides is 1. The van der Waals surface area contributed by atoms with E-state index in [-0.39, 0.29) is 18.6 Å². The number of hydrogen-bond donors (Lipinski definition) is 2. The van der Waals surface area contributed by atoms with Gasteiger partial charge in [0, 0.05) is 22.7 Å². The summed E-state index contributed by atoms with van der Waals surface area (Å²) in [6, 6.07) is 5.56. The van der Waals surface area contributed by atoms with Crippen molar-refractivity contribution in [2.45, 2.75) is 26.3 Å². The van der Waals surface area contributed by atoms with E-state index in [1.807, 2.05) is 26.0 Å². The van der Waals surface area contributed by atoms with Gasteiger partial charge in [0.25, 0.3) is 5.91 Å². The van der Waals surface area contributed by atoms with Crippen LogP contribution in [0.1, 0.15) is 29.3 Å². The molecule has 0 saturated carbocycles. The summed E-state index contributed by atoms with van der Waals surface area (Å²) in [5, 5.41) is 11.6. The van der Waals surface area contributed by atoms with Crippen molar-refractivity contribution in [3.05, 3.63) is 33.8 Å². The van der Waals surface area contributed by atoms with E-state index in [1.165, 1.54) is 0 Å². The van der Waals surface area contributed by atoms with Gasteiger partial charge >= 0.3 is 0 Å². The van der Waals surface area contributed by atoms with Gasteiger partial charge in [-0.05, 0) is 44.0 Å². The molecule has 0 aromatic heterocycles. The molecule has 1 aromatic rings. The lowest BCUT2D eigenvalue weighted by molar-refractivity contribution is 0.0934. The second kappa shape index (κ2) is 6.01. The van der Waals surface area contributed by atoms with Crippen molar-refractivity contribution in [1.82, 2.24) is 5.32 Å². The molecule has 16 heavy (non-hydrogen) atoms. The van der Waals surface area contributed by atoms with Gasteiger partial charge in [0.15, 0.2) is 0 Å². The molecular weight excluding hydrogens is 270 g/mol. The number of aliphatic hydroxyl groups excluding tert-OH is 1. The number of rotatable bonds is 4. The second-order valence-electron chi connectivity index (χ2n) is 3.90. The summed E-state index contributed by atoms with van der Waals surface area (Å²) in [5.41, 5.74) is 1.67. The van der Waals surface area contributed by atoms with E-state index in [4.69, 9.17) is 5.11 Å². The molecule has 0 saturated heterocycles. The van der Waals surface area contributed by atoms with Crippen LogP contribution < -0.4 is 5.32 Å². The monoisotopic (exact) mass is 285 g/mol. The normalized spacial score (nSPS) is 12.2. The van der Waals surface area contributed by atoms with Gasteiger partial charge in [0.05, 0.1) is 0 Å². The Hall–Kier alpha value is -0.870. The van der Waals surface area contributed by atoms with Crippen LogP contribution in [-0.4, -0.2) is 23.7 Å². The van der Waals surface area contributed by atoms with Crippen LogP contribution in [0.3, 0.4) is 0 Å². The Kier molecular flexibility index (Phi) is 4.96. The first kappa shape index (κ1) is 13.2. The quantitative estimate of drug-likeness (QED) is 0.892. The van der Waals surface area contributed by atoms with E-state index in [9.17, 15) is 4.79 Å². The van der Waals surface area contributed by atoms with Crippen molar-refractivity contribution in [3.8, 4) is 0 Å². The standard InChI is InChI=1S/C12H16BrNO2/c1-8-5-10(7-11(13)6-8)12(16)14-9(2)3-4-15/h5-7,9,15H,3-4H2,1-2H3,(H,14,16)/t9-/m1/s1. The maximum Gasteiger partial charge on any atom is 0.251 e. The fourth-order valence-electron chi connectivity index (χ4n) is 1.44. The van der Waals surface area contributed by atoms with E-state index in [2.05, 4.69) is 21.2 Å². The molecule has 0 unspecified atom stereocenters. The minimum atomic E-state index is -0.106. The molecule has 0 aliphatic carbocycles. The summed E-state index contributed by atoms with van der Waals surface area (Å²) in [7, 11) is 0. The molecule has 3 nitrogen and oxygen atoms in total. The molecule has 0 aliphatic rings. The van der Waals surface area contributed by atoms with Crippen molar-refractivity contribution in [1.29, 1.82) is 0 Å². The Morgan fingerprint density at radius 1 is 1.50 bits per heavy atom. The molecule has 0 radical (unpaired) electrons. The molecular formula is C12H16BrNO2. The second-order valence-corrected chi connectivity index (χ2v) is 4.82. The highest BCUT2D eigenvalue weighted by Gasteiger charge is 2.10. The highest BCUT2D eigenvalue weighted by Crippen LogP contribution is 2.15. The third-order valence-electron chi connectivity index (χ3n) is 2.24. The summed E-state index contributed by atoms with van der Waals surface area (Å²) >= 11 is 3.36. The Bertz CT molecular complexity index is 359. The minimum Gasteiger partial charge on any atom is -0.396 e. The van der Waals surface area contributed by atoms with Gasteiger partial charge in [-0.2, -0.15) is 0 Å². The van der Waals surface area contributed by atoms with E-state index < -0.39 is 0 Å². The average Bonchev–Trinajstić information content (AvgIpc) is 2.16. The molecule has 0 fully saturated rings. The number of aryl methyl sites for hydroxylation is 1. The molecule has 4 heteroatoms. The molecule has 1 rings (SSSR count). The third-order valence-corrected chi connectivity index (χ3v) is 2.70. The first-order valence-electron chi connectivity index (χ1n) is 5.22. The minimum absolute atomic E-state index is 0.0169. The molecule has 1 amide bonds. The molecule has 1 atom stereocenters. The van der Waals surface area contributed by atoms with Crippen LogP contribution in [0.2, 0.25) is 0 Å². The maximum absolute atomic E-state index is 11.8. The van der Waals surface area contributed by atoms with Crippen molar-refractivity contribution < 1.29 is 9.90 Å². The van der Waals surface area contributed by atoms with Gasteiger partial charge in [-0.3, -0.25) is 4.79 Å². The number of halogens is 1. The summed E-state index contributed by atoms with van der Waals surface area (Å²) in [5.74, 6) is -0.106. The van der Waals surface area contributed by atoms with Gasteiger partial charge < -0.3 is 10.4 Å². The van der Waals surface area contributed by atoms with Crippen LogP contribution >= 0.6 is 15.9 Å². The van der Waals surface area contributed by atoms with Gasteiger partial charge in [0.2, 0.25) is 0 Å². The first-order chi connectivity index (χ1) is 7.52. The van der Waals surface area contributed by atoms with E-state index in [0.29, 0.717) is 12.0 Å². The molecule has 0 spiro atoms. The smallest absolute Gasteiger partial charge is 0.251 e. The Balaban J connectivity index is 2.72. The van der Waals surface area contributed by atoms with Crippen molar-refractivity contribution in [2.75, 3.05) is 6.61 Å². The Morgan fingerprint density at radius 3 is 2.75 bits per heavy atom. The lowest BCUT2D eigenvalue weighted by Crippen LogP contribution is -2.33. The summed E-state index contributed by atoms with van der Waals surface area (Å²) in [6.45, 7) is 3.90. The number of carbonyl (C=O) groups is 1. The summed E-state index contributed by atoms with van der Waals surface area (Å²) in [6.07, 6.45) is 0.568. The molecule has 0 bridgehead atoms. The van der Waals surface area contributed by atoms with E-state index in [0.717, 1.165) is 10.0 Å². The highest BCUT2D eigenvalue weighted by molar-refractivity contribution is 9.10. The van der Waals surface area contributed by atoms with Crippen LogP contribution in [0.4, 0.5) is 0 Å². The number of carbonyl (C=O) groups excluding carboxylic acids is 1. The zero-order valence-electron chi connectivity index (χ0n) is 9.46. The summed E-state index contributed by atoms with van der Waals surface area (Å²) < 4.78 is 0.896. The highest BCUT2D eigenvalue weighted by atomic mass is 79.9. The third kappa shape index (κ3) is 3.94. The molecule has 88 valence electrons. The Labute approximate surface area is 104 Å². The van der Waals surface area contributed by atoms with Crippen LogP contribution in [-0.2, 0) is 0 Å². The average molecular weight is 286 g/mol. The lowest BCUT2D eigenvalue weighted by Gasteiger charge is -2.12. The fraction of sp³-hybridized carbons (Fsp3) is 0.417. The largest absolute Gasteiger partial charge is 0.396 e. The number of benzene rings is 1. The molecule has 1 aromatic carbocycles. The van der Waals surface area contributed by atoms with Crippen LogP contribution in [0.5, 0.6) is 0 Å². The van der Waals surface area contributed by atoms with Crippen LogP contribution in [0, 0.1) is 6.92 Å². The van der Waals surface area contributed by atoms with Gasteiger partial charge in [-0.25, -0.2) is 0 Å². The topological polar surface area (TPSA) is 49.3 Å². The molecule has 2 N–H and O–H groups in total. The number of nitrogens with one attached hydrogen (secondary N) is 1. The zero-order chi connectivity index (χ0) is 12.1. The predicted octanol–water partition coefficient (Wildman–Crippen LogP) is 2.26. The van der Waals surface area contributed by atoms with Crippen LogP contribution in [0.15, 0.2) is 22.7 Å². The van der Waals surface area contributed by atoms with E-state index >= 15 is 0 Å². The molecule has 0 aliphatic heterocycles. The van der Waals surface area contributed by atoms with Crippen LogP contribution in [0.25, 0.3) is 0 Å². The van der Waals surface area contributed by atoms with Gasteiger partial charge in [0.1, 0.15) is 0 Å².